The molecule has 0 unspecified atom stereocenters. The molecule has 2 N–H and O–H groups in total. The summed E-state index contributed by atoms with van der Waals surface area (Å²) < 4.78 is 0. The molecule has 0 aliphatic heterocycles. The molecule has 112 valence electrons. The second-order valence-electron chi connectivity index (χ2n) is 7.14. The van der Waals surface area contributed by atoms with Crippen molar-refractivity contribution in [2.24, 2.45) is 35.4 Å². The summed E-state index contributed by atoms with van der Waals surface area (Å²) in [5.41, 5.74) is 0.734. The first-order valence-electron chi connectivity index (χ1n) is 7.96. The van der Waals surface area contributed by atoms with Gasteiger partial charge in [0.1, 0.15) is 0 Å². The van der Waals surface area contributed by atoms with Gasteiger partial charge in [-0.25, -0.2) is 10.9 Å². The Bertz CT molecular complexity index is 528. The summed E-state index contributed by atoms with van der Waals surface area (Å²) in [6.07, 6.45) is 6.34. The SMILES string of the molecule is NN(C(=O)C1C2CC3CC(C2)CC1C3)c1ccc(Cl)cc1. The summed E-state index contributed by atoms with van der Waals surface area (Å²) in [4.78, 5) is 12.9. The molecule has 4 heteroatoms. The Morgan fingerprint density at radius 3 is 2.05 bits per heavy atom. The zero-order valence-electron chi connectivity index (χ0n) is 12.0. The van der Waals surface area contributed by atoms with Crippen LogP contribution in [0.5, 0.6) is 0 Å². The van der Waals surface area contributed by atoms with E-state index in [1.165, 1.54) is 37.1 Å². The lowest BCUT2D eigenvalue weighted by Gasteiger charge is -2.54. The molecule has 4 aliphatic carbocycles. The lowest BCUT2D eigenvalue weighted by Crippen LogP contribution is -2.53. The maximum atomic E-state index is 12.9. The highest BCUT2D eigenvalue weighted by Gasteiger charge is 2.51. The Morgan fingerprint density at radius 2 is 1.52 bits per heavy atom. The smallest absolute Gasteiger partial charge is 0.244 e. The van der Waals surface area contributed by atoms with Crippen LogP contribution >= 0.6 is 11.6 Å². The van der Waals surface area contributed by atoms with Gasteiger partial charge in [-0.3, -0.25) is 4.79 Å². The fourth-order valence-electron chi connectivity index (χ4n) is 5.22. The second-order valence-corrected chi connectivity index (χ2v) is 7.58. The predicted octanol–water partition coefficient (Wildman–Crippen LogP) is 3.62. The van der Waals surface area contributed by atoms with Gasteiger partial charge in [0.25, 0.3) is 0 Å². The third-order valence-electron chi connectivity index (χ3n) is 5.85. The first-order chi connectivity index (χ1) is 10.1. The average molecular weight is 305 g/mol. The van der Waals surface area contributed by atoms with Crippen LogP contribution in [0.4, 0.5) is 5.69 Å². The van der Waals surface area contributed by atoms with Crippen LogP contribution in [0.1, 0.15) is 32.1 Å². The Kier molecular flexibility index (Phi) is 3.23. The molecule has 4 aliphatic rings. The monoisotopic (exact) mass is 304 g/mol. The highest BCUT2D eigenvalue weighted by Crippen LogP contribution is 2.56. The molecule has 0 saturated heterocycles. The van der Waals surface area contributed by atoms with Gasteiger partial charge in [0, 0.05) is 10.9 Å². The Balaban J connectivity index is 1.55. The number of hydrazine groups is 1. The Labute approximate surface area is 130 Å². The highest BCUT2D eigenvalue weighted by atomic mass is 35.5. The van der Waals surface area contributed by atoms with Crippen molar-refractivity contribution in [3.63, 3.8) is 0 Å². The van der Waals surface area contributed by atoms with Gasteiger partial charge in [0.05, 0.1) is 5.69 Å². The molecule has 5 rings (SSSR count). The fourth-order valence-corrected chi connectivity index (χ4v) is 5.34. The Hall–Kier alpha value is -1.06. The fraction of sp³-hybridized carbons (Fsp3) is 0.588. The zero-order chi connectivity index (χ0) is 14.6. The van der Waals surface area contributed by atoms with Gasteiger partial charge in [0.2, 0.25) is 5.91 Å². The number of benzene rings is 1. The number of rotatable bonds is 2. The highest BCUT2D eigenvalue weighted by molar-refractivity contribution is 6.30. The second kappa shape index (κ2) is 4.99. The maximum Gasteiger partial charge on any atom is 0.244 e. The molecule has 4 fully saturated rings. The van der Waals surface area contributed by atoms with Crippen molar-refractivity contribution in [2.45, 2.75) is 32.1 Å². The normalized spacial score (nSPS) is 36.8. The summed E-state index contributed by atoms with van der Waals surface area (Å²) >= 11 is 5.90. The molecular formula is C17H21ClN2O. The van der Waals surface area contributed by atoms with E-state index in [0.717, 1.165) is 17.5 Å². The standard InChI is InChI=1S/C17H21ClN2O/c18-14-1-3-15(4-2-14)20(19)17(21)16-12-6-10-5-11(8-12)9-13(16)7-10/h1-4,10-13,16H,5-9,19H2. The molecule has 21 heavy (non-hydrogen) atoms. The van der Waals surface area contributed by atoms with Gasteiger partial charge in [-0.05, 0) is 80.0 Å². The van der Waals surface area contributed by atoms with Crippen molar-refractivity contribution in [3.05, 3.63) is 29.3 Å². The summed E-state index contributed by atoms with van der Waals surface area (Å²) in [5.74, 6) is 9.22. The van der Waals surface area contributed by atoms with Crippen LogP contribution in [-0.2, 0) is 4.79 Å². The zero-order valence-corrected chi connectivity index (χ0v) is 12.8. The minimum absolute atomic E-state index is 0.103. The van der Waals surface area contributed by atoms with Gasteiger partial charge in [0.15, 0.2) is 0 Å². The van der Waals surface area contributed by atoms with E-state index >= 15 is 0 Å². The summed E-state index contributed by atoms with van der Waals surface area (Å²) in [5, 5.41) is 2.01. The van der Waals surface area contributed by atoms with Crippen LogP contribution in [0, 0.1) is 29.6 Å². The number of carbonyl (C=O) groups is 1. The number of nitrogens with two attached hydrogens (primary N) is 1. The van der Waals surface area contributed by atoms with Crippen LogP contribution < -0.4 is 10.9 Å². The Morgan fingerprint density at radius 1 is 1.00 bits per heavy atom. The molecule has 0 heterocycles. The number of hydrogen-bond donors (Lipinski definition) is 1. The third-order valence-corrected chi connectivity index (χ3v) is 6.11. The minimum atomic E-state index is 0.103. The summed E-state index contributed by atoms with van der Waals surface area (Å²) in [6, 6.07) is 7.19. The van der Waals surface area contributed by atoms with E-state index < -0.39 is 0 Å². The number of hydrogen-bond acceptors (Lipinski definition) is 2. The molecule has 4 bridgehead atoms. The molecule has 1 amide bonds. The first-order valence-corrected chi connectivity index (χ1v) is 8.34. The minimum Gasteiger partial charge on any atom is -0.273 e. The number of carbonyl (C=O) groups excluding carboxylic acids is 1. The van der Waals surface area contributed by atoms with Crippen molar-refractivity contribution in [2.75, 3.05) is 5.01 Å². The van der Waals surface area contributed by atoms with Gasteiger partial charge in [-0.15, -0.1) is 0 Å². The lowest BCUT2D eigenvalue weighted by atomic mass is 9.51. The summed E-state index contributed by atoms with van der Waals surface area (Å²) in [6.45, 7) is 0. The van der Waals surface area contributed by atoms with E-state index in [2.05, 4.69) is 0 Å². The maximum absolute atomic E-state index is 12.9. The number of amides is 1. The molecule has 0 aromatic heterocycles. The van der Waals surface area contributed by atoms with E-state index in [9.17, 15) is 4.79 Å². The van der Waals surface area contributed by atoms with Crippen LogP contribution in [-0.4, -0.2) is 5.91 Å². The molecule has 1 aromatic rings. The topological polar surface area (TPSA) is 46.3 Å². The lowest BCUT2D eigenvalue weighted by molar-refractivity contribution is -0.135. The van der Waals surface area contributed by atoms with Crippen molar-refractivity contribution < 1.29 is 4.79 Å². The van der Waals surface area contributed by atoms with Gasteiger partial charge in [-0.2, -0.15) is 0 Å². The number of anilines is 1. The molecule has 0 atom stereocenters. The molecular weight excluding hydrogens is 284 g/mol. The average Bonchev–Trinajstić information content (AvgIpc) is 2.46. The largest absolute Gasteiger partial charge is 0.273 e. The molecule has 1 aromatic carbocycles. The quantitative estimate of drug-likeness (QED) is 0.515. The van der Waals surface area contributed by atoms with Crippen molar-refractivity contribution in [3.8, 4) is 0 Å². The molecule has 4 saturated carbocycles. The molecule has 0 spiro atoms. The first kappa shape index (κ1) is 13.6. The van der Waals surface area contributed by atoms with Gasteiger partial charge < -0.3 is 0 Å². The van der Waals surface area contributed by atoms with Crippen LogP contribution in [0.15, 0.2) is 24.3 Å². The third kappa shape index (κ3) is 2.27. The van der Waals surface area contributed by atoms with E-state index in [1.807, 2.05) is 12.1 Å². The van der Waals surface area contributed by atoms with Gasteiger partial charge in [-0.1, -0.05) is 11.6 Å². The molecule has 3 nitrogen and oxygen atoms in total. The van der Waals surface area contributed by atoms with E-state index in [1.54, 1.807) is 12.1 Å². The van der Waals surface area contributed by atoms with Crippen LogP contribution in [0.25, 0.3) is 0 Å². The summed E-state index contributed by atoms with van der Waals surface area (Å²) in [7, 11) is 0. The number of nitrogens with zero attached hydrogens (tertiary/aromatic N) is 1. The number of halogens is 1. The van der Waals surface area contributed by atoms with Gasteiger partial charge >= 0.3 is 0 Å². The van der Waals surface area contributed by atoms with Crippen molar-refractivity contribution in [1.29, 1.82) is 0 Å². The van der Waals surface area contributed by atoms with Crippen LogP contribution in [0.2, 0.25) is 5.02 Å². The van der Waals surface area contributed by atoms with E-state index in [4.69, 9.17) is 17.4 Å². The molecule has 0 radical (unpaired) electrons. The van der Waals surface area contributed by atoms with Crippen molar-refractivity contribution >= 4 is 23.2 Å². The van der Waals surface area contributed by atoms with E-state index in [-0.39, 0.29) is 11.8 Å². The van der Waals surface area contributed by atoms with Crippen LogP contribution in [0.3, 0.4) is 0 Å². The predicted molar refractivity (Wildman–Crippen MR) is 83.7 cm³/mol. The van der Waals surface area contributed by atoms with E-state index in [0.29, 0.717) is 16.9 Å². The van der Waals surface area contributed by atoms with Crippen molar-refractivity contribution in [1.82, 2.24) is 0 Å².